The van der Waals surface area contributed by atoms with Crippen molar-refractivity contribution in [1.29, 1.82) is 0 Å². The average molecular weight is 273 g/mol. The van der Waals surface area contributed by atoms with Gasteiger partial charge in [-0.1, -0.05) is 37.5 Å². The van der Waals surface area contributed by atoms with Crippen molar-refractivity contribution in [3.63, 3.8) is 0 Å². The molecule has 1 aromatic rings. The van der Waals surface area contributed by atoms with Gasteiger partial charge in [0.15, 0.2) is 0 Å². The molecule has 20 heavy (non-hydrogen) atoms. The molecule has 1 fully saturated rings. The molecule has 3 nitrogen and oxygen atoms in total. The van der Waals surface area contributed by atoms with Crippen LogP contribution in [0.25, 0.3) is 0 Å². The molecule has 0 bridgehead atoms. The SMILES string of the molecule is O=C(CC1CCCCC1)NCC1Cc2ccccc2O1. The van der Waals surface area contributed by atoms with Crippen LogP contribution in [0.5, 0.6) is 5.75 Å². The minimum atomic E-state index is 0.0997. The zero-order valence-corrected chi connectivity index (χ0v) is 11.9. The Balaban J connectivity index is 1.41. The first-order chi connectivity index (χ1) is 9.81. The van der Waals surface area contributed by atoms with Crippen molar-refractivity contribution in [3.8, 4) is 5.75 Å². The molecular formula is C17H23NO2. The van der Waals surface area contributed by atoms with Crippen molar-refractivity contribution in [2.45, 2.75) is 51.0 Å². The summed E-state index contributed by atoms with van der Waals surface area (Å²) in [5.74, 6) is 1.76. The molecular weight excluding hydrogens is 250 g/mol. The molecule has 1 aliphatic carbocycles. The first-order valence-electron chi connectivity index (χ1n) is 7.82. The quantitative estimate of drug-likeness (QED) is 0.915. The maximum Gasteiger partial charge on any atom is 0.220 e. The molecule has 1 aliphatic heterocycles. The number of nitrogens with one attached hydrogen (secondary N) is 1. The van der Waals surface area contributed by atoms with E-state index in [-0.39, 0.29) is 12.0 Å². The third-order valence-electron chi connectivity index (χ3n) is 4.44. The summed E-state index contributed by atoms with van der Waals surface area (Å²) in [4.78, 5) is 12.0. The maximum absolute atomic E-state index is 12.0. The van der Waals surface area contributed by atoms with Gasteiger partial charge in [-0.15, -0.1) is 0 Å². The van der Waals surface area contributed by atoms with E-state index in [0.29, 0.717) is 18.9 Å². The second-order valence-electron chi connectivity index (χ2n) is 6.06. The van der Waals surface area contributed by atoms with Crippen molar-refractivity contribution < 1.29 is 9.53 Å². The Hall–Kier alpha value is -1.51. The van der Waals surface area contributed by atoms with Gasteiger partial charge in [-0.25, -0.2) is 0 Å². The van der Waals surface area contributed by atoms with E-state index in [4.69, 9.17) is 4.74 Å². The van der Waals surface area contributed by atoms with Gasteiger partial charge in [0.2, 0.25) is 5.91 Å². The second-order valence-corrected chi connectivity index (χ2v) is 6.06. The molecule has 108 valence electrons. The number of carbonyl (C=O) groups is 1. The molecule has 1 unspecified atom stereocenters. The lowest BCUT2D eigenvalue weighted by atomic mass is 9.87. The van der Waals surface area contributed by atoms with Crippen LogP contribution in [0.4, 0.5) is 0 Å². The number of ether oxygens (including phenoxy) is 1. The lowest BCUT2D eigenvalue weighted by Gasteiger charge is -2.21. The highest BCUT2D eigenvalue weighted by molar-refractivity contribution is 5.76. The lowest BCUT2D eigenvalue weighted by Crippen LogP contribution is -2.35. The summed E-state index contributed by atoms with van der Waals surface area (Å²) in [5, 5.41) is 3.04. The predicted octanol–water partition coefficient (Wildman–Crippen LogP) is 3.08. The smallest absolute Gasteiger partial charge is 0.220 e. The van der Waals surface area contributed by atoms with Crippen molar-refractivity contribution in [2.24, 2.45) is 5.92 Å². The molecule has 2 aliphatic rings. The minimum absolute atomic E-state index is 0.0997. The van der Waals surface area contributed by atoms with Crippen molar-refractivity contribution in [2.75, 3.05) is 6.54 Å². The third-order valence-corrected chi connectivity index (χ3v) is 4.44. The van der Waals surface area contributed by atoms with Gasteiger partial charge in [-0.05, 0) is 30.4 Å². The van der Waals surface area contributed by atoms with Gasteiger partial charge in [0.1, 0.15) is 11.9 Å². The van der Waals surface area contributed by atoms with E-state index >= 15 is 0 Å². The fourth-order valence-electron chi connectivity index (χ4n) is 3.32. The summed E-state index contributed by atoms with van der Waals surface area (Å²) in [7, 11) is 0. The summed E-state index contributed by atoms with van der Waals surface area (Å²) in [6.45, 7) is 0.625. The van der Waals surface area contributed by atoms with Crippen LogP contribution in [-0.2, 0) is 11.2 Å². The molecule has 1 N–H and O–H groups in total. The van der Waals surface area contributed by atoms with E-state index < -0.39 is 0 Å². The van der Waals surface area contributed by atoms with Gasteiger partial charge in [0, 0.05) is 12.8 Å². The van der Waals surface area contributed by atoms with Gasteiger partial charge in [0.25, 0.3) is 0 Å². The fraction of sp³-hybridized carbons (Fsp3) is 0.588. The van der Waals surface area contributed by atoms with Crippen LogP contribution in [0.2, 0.25) is 0 Å². The molecule has 0 radical (unpaired) electrons. The standard InChI is InChI=1S/C17H23NO2/c19-17(10-13-6-2-1-3-7-13)18-12-15-11-14-8-4-5-9-16(14)20-15/h4-5,8-9,13,15H,1-3,6-7,10-12H2,(H,18,19). The summed E-state index contributed by atoms with van der Waals surface area (Å²) < 4.78 is 5.83. The molecule has 3 heteroatoms. The van der Waals surface area contributed by atoms with E-state index in [2.05, 4.69) is 11.4 Å². The number of benzene rings is 1. The number of rotatable bonds is 4. The van der Waals surface area contributed by atoms with E-state index in [9.17, 15) is 4.79 Å². The molecule has 1 saturated carbocycles. The van der Waals surface area contributed by atoms with Crippen LogP contribution in [0, 0.1) is 5.92 Å². The Kier molecular flexibility index (Phi) is 4.24. The van der Waals surface area contributed by atoms with Crippen LogP contribution in [0.15, 0.2) is 24.3 Å². The Morgan fingerprint density at radius 1 is 1.20 bits per heavy atom. The van der Waals surface area contributed by atoms with Crippen LogP contribution >= 0.6 is 0 Å². The fourth-order valence-corrected chi connectivity index (χ4v) is 3.32. The van der Waals surface area contributed by atoms with E-state index in [1.165, 1.54) is 37.7 Å². The second kappa shape index (κ2) is 6.29. The van der Waals surface area contributed by atoms with Gasteiger partial charge >= 0.3 is 0 Å². The number of hydrogen-bond acceptors (Lipinski definition) is 2. The normalized spacial score (nSPS) is 22.1. The van der Waals surface area contributed by atoms with Gasteiger partial charge in [-0.3, -0.25) is 4.79 Å². The monoisotopic (exact) mass is 273 g/mol. The van der Waals surface area contributed by atoms with Crippen LogP contribution in [0.3, 0.4) is 0 Å². The topological polar surface area (TPSA) is 38.3 Å². The third kappa shape index (κ3) is 3.33. The molecule has 1 heterocycles. The Bertz CT molecular complexity index is 441. The average Bonchev–Trinajstić information content (AvgIpc) is 2.89. The molecule has 0 saturated heterocycles. The highest BCUT2D eigenvalue weighted by Gasteiger charge is 2.23. The number of carbonyl (C=O) groups excluding carboxylic acids is 1. The van der Waals surface area contributed by atoms with E-state index in [1.54, 1.807) is 0 Å². The molecule has 1 amide bonds. The Labute approximate surface area is 120 Å². The summed E-state index contributed by atoms with van der Waals surface area (Å²) in [6, 6.07) is 8.12. The van der Waals surface area contributed by atoms with Gasteiger partial charge < -0.3 is 10.1 Å². The number of amides is 1. The van der Waals surface area contributed by atoms with Crippen LogP contribution in [0.1, 0.15) is 44.1 Å². The lowest BCUT2D eigenvalue weighted by molar-refractivity contribution is -0.122. The molecule has 1 aromatic carbocycles. The van der Waals surface area contributed by atoms with E-state index in [1.807, 2.05) is 18.2 Å². The largest absolute Gasteiger partial charge is 0.488 e. The van der Waals surface area contributed by atoms with Crippen LogP contribution in [-0.4, -0.2) is 18.6 Å². The molecule has 1 atom stereocenters. The van der Waals surface area contributed by atoms with Crippen LogP contribution < -0.4 is 10.1 Å². The molecule has 0 spiro atoms. The van der Waals surface area contributed by atoms with Crippen molar-refractivity contribution in [3.05, 3.63) is 29.8 Å². The zero-order chi connectivity index (χ0) is 13.8. The zero-order valence-electron chi connectivity index (χ0n) is 11.9. The van der Waals surface area contributed by atoms with Crippen molar-refractivity contribution >= 4 is 5.91 Å². The van der Waals surface area contributed by atoms with Gasteiger partial charge in [0.05, 0.1) is 6.54 Å². The summed E-state index contributed by atoms with van der Waals surface area (Å²) in [6.07, 6.45) is 8.06. The first kappa shape index (κ1) is 13.5. The molecule has 3 rings (SSSR count). The summed E-state index contributed by atoms with van der Waals surface area (Å²) in [5.41, 5.74) is 1.25. The Morgan fingerprint density at radius 3 is 2.80 bits per heavy atom. The minimum Gasteiger partial charge on any atom is -0.488 e. The van der Waals surface area contributed by atoms with Crippen molar-refractivity contribution in [1.82, 2.24) is 5.32 Å². The maximum atomic E-state index is 12.0. The predicted molar refractivity (Wildman–Crippen MR) is 78.8 cm³/mol. The Morgan fingerprint density at radius 2 is 2.00 bits per heavy atom. The molecule has 0 aromatic heterocycles. The highest BCUT2D eigenvalue weighted by Crippen LogP contribution is 2.28. The van der Waals surface area contributed by atoms with Gasteiger partial charge in [-0.2, -0.15) is 0 Å². The number of para-hydroxylation sites is 1. The number of fused-ring (bicyclic) bond motifs is 1. The van der Waals surface area contributed by atoms with E-state index in [0.717, 1.165) is 12.2 Å². The first-order valence-corrected chi connectivity index (χ1v) is 7.82. The number of hydrogen-bond donors (Lipinski definition) is 1. The summed E-state index contributed by atoms with van der Waals surface area (Å²) >= 11 is 0. The highest BCUT2D eigenvalue weighted by atomic mass is 16.5.